The number of aromatic nitrogens is 1. The summed E-state index contributed by atoms with van der Waals surface area (Å²) in [6.07, 6.45) is 7.59. The number of nitrogens with one attached hydrogen (secondary N) is 1. The number of hydroxylamine groups is 1. The summed E-state index contributed by atoms with van der Waals surface area (Å²) in [5.41, 5.74) is 5.19. The lowest BCUT2D eigenvalue weighted by atomic mass is 9.79. The molecule has 1 N–H and O–H groups in total. The van der Waals surface area contributed by atoms with Crippen molar-refractivity contribution < 1.29 is 9.63 Å². The molecule has 1 saturated carbocycles. The van der Waals surface area contributed by atoms with Gasteiger partial charge < -0.3 is 9.74 Å². The highest BCUT2D eigenvalue weighted by atomic mass is 32.1. The number of nitrogens with zero attached hydrogens (tertiary/aromatic N) is 2. The molecule has 1 aromatic carbocycles. The van der Waals surface area contributed by atoms with Crippen molar-refractivity contribution in [2.24, 2.45) is 5.92 Å². The van der Waals surface area contributed by atoms with Gasteiger partial charge in [-0.05, 0) is 37.3 Å². The Kier molecular flexibility index (Phi) is 4.08. The molecule has 2 aliphatic rings. The van der Waals surface area contributed by atoms with E-state index in [1.54, 1.807) is 16.8 Å². The molecule has 1 aromatic heterocycles. The molecule has 1 aliphatic heterocycles. The zero-order valence-corrected chi connectivity index (χ0v) is 13.8. The van der Waals surface area contributed by atoms with E-state index >= 15 is 0 Å². The number of amides is 2. The smallest absolute Gasteiger partial charge is 0.350 e. The van der Waals surface area contributed by atoms with Crippen LogP contribution in [0.5, 0.6) is 5.75 Å². The van der Waals surface area contributed by atoms with Gasteiger partial charge in [-0.15, -0.1) is 11.3 Å². The molecule has 122 valence electrons. The van der Waals surface area contributed by atoms with Gasteiger partial charge >= 0.3 is 6.03 Å². The van der Waals surface area contributed by atoms with Gasteiger partial charge in [0.1, 0.15) is 5.52 Å². The third-order valence-corrected chi connectivity index (χ3v) is 5.89. The second-order valence-electron chi connectivity index (χ2n) is 6.41. The normalized spacial score (nSPS) is 21.9. The SMILES string of the molecule is O=C(NOc1cccc2scnc12)N1CCC1C1CCCCC1. The fraction of sp³-hybridized carbons (Fsp3) is 0.529. The van der Waals surface area contributed by atoms with Crippen LogP contribution in [0.15, 0.2) is 23.7 Å². The van der Waals surface area contributed by atoms with Gasteiger partial charge in [-0.1, -0.05) is 25.3 Å². The van der Waals surface area contributed by atoms with Crippen molar-refractivity contribution >= 4 is 27.6 Å². The van der Waals surface area contributed by atoms with Crippen LogP contribution in [-0.2, 0) is 0 Å². The lowest BCUT2D eigenvalue weighted by Crippen LogP contribution is -2.58. The van der Waals surface area contributed by atoms with Crippen molar-refractivity contribution in [1.29, 1.82) is 0 Å². The van der Waals surface area contributed by atoms with E-state index in [-0.39, 0.29) is 6.03 Å². The van der Waals surface area contributed by atoms with Crippen LogP contribution in [0.4, 0.5) is 4.79 Å². The summed E-state index contributed by atoms with van der Waals surface area (Å²) in [5, 5.41) is 0. The Morgan fingerprint density at radius 3 is 2.91 bits per heavy atom. The number of urea groups is 1. The minimum atomic E-state index is -0.126. The predicted molar refractivity (Wildman–Crippen MR) is 90.5 cm³/mol. The number of hydrogen-bond acceptors (Lipinski definition) is 4. The van der Waals surface area contributed by atoms with Crippen molar-refractivity contribution in [2.45, 2.75) is 44.6 Å². The molecule has 2 fully saturated rings. The first-order valence-electron chi connectivity index (χ1n) is 8.38. The second-order valence-corrected chi connectivity index (χ2v) is 7.30. The van der Waals surface area contributed by atoms with Crippen molar-refractivity contribution in [2.75, 3.05) is 6.54 Å². The van der Waals surface area contributed by atoms with Gasteiger partial charge in [0.05, 0.1) is 10.2 Å². The number of likely N-dealkylation sites (tertiary alicyclic amines) is 1. The molecule has 1 aliphatic carbocycles. The zero-order valence-electron chi connectivity index (χ0n) is 13.0. The second kappa shape index (κ2) is 6.35. The van der Waals surface area contributed by atoms with Crippen molar-refractivity contribution in [3.63, 3.8) is 0 Å². The summed E-state index contributed by atoms with van der Waals surface area (Å²) in [7, 11) is 0. The maximum atomic E-state index is 12.4. The zero-order chi connectivity index (χ0) is 15.6. The summed E-state index contributed by atoms with van der Waals surface area (Å²) >= 11 is 1.56. The number of thiazole rings is 1. The Morgan fingerprint density at radius 1 is 1.26 bits per heavy atom. The van der Waals surface area contributed by atoms with Gasteiger partial charge in [0, 0.05) is 12.6 Å². The highest BCUT2D eigenvalue weighted by molar-refractivity contribution is 7.16. The van der Waals surface area contributed by atoms with Gasteiger partial charge in [-0.3, -0.25) is 0 Å². The summed E-state index contributed by atoms with van der Waals surface area (Å²) in [6.45, 7) is 0.831. The standard InChI is InChI=1S/C17H21N3O2S/c21-17(20-10-9-13(20)12-5-2-1-3-6-12)19-22-14-7-4-8-15-16(14)18-11-23-15/h4,7-8,11-13H,1-3,5-6,9-10H2,(H,19,21). The van der Waals surface area contributed by atoms with E-state index in [1.165, 1.54) is 32.1 Å². The van der Waals surface area contributed by atoms with Crippen LogP contribution < -0.4 is 10.3 Å². The average Bonchev–Trinajstić information content (AvgIpc) is 3.02. The summed E-state index contributed by atoms with van der Waals surface area (Å²) in [6, 6.07) is 6.01. The lowest BCUT2D eigenvalue weighted by molar-refractivity contribution is 0.0441. The fourth-order valence-electron chi connectivity index (χ4n) is 3.77. The van der Waals surface area contributed by atoms with Crippen LogP contribution in [0.2, 0.25) is 0 Å². The van der Waals surface area contributed by atoms with E-state index in [4.69, 9.17) is 4.84 Å². The summed E-state index contributed by atoms with van der Waals surface area (Å²) < 4.78 is 1.06. The molecule has 0 bridgehead atoms. The molecule has 5 nitrogen and oxygen atoms in total. The first kappa shape index (κ1) is 14.8. The topological polar surface area (TPSA) is 54.5 Å². The maximum Gasteiger partial charge on any atom is 0.350 e. The first-order chi connectivity index (χ1) is 11.3. The van der Waals surface area contributed by atoms with Crippen molar-refractivity contribution in [3.05, 3.63) is 23.7 Å². The number of para-hydroxylation sites is 1. The average molecular weight is 331 g/mol. The van der Waals surface area contributed by atoms with E-state index in [1.807, 2.05) is 23.1 Å². The molecule has 2 heterocycles. The van der Waals surface area contributed by atoms with Crippen LogP contribution in [0.25, 0.3) is 10.2 Å². The van der Waals surface area contributed by atoms with E-state index in [0.29, 0.717) is 17.7 Å². The van der Waals surface area contributed by atoms with Gasteiger partial charge in [-0.25, -0.2) is 9.78 Å². The molecule has 1 unspecified atom stereocenters. The Bertz CT molecular complexity index is 696. The Hall–Kier alpha value is -1.82. The first-order valence-corrected chi connectivity index (χ1v) is 9.26. The highest BCUT2D eigenvalue weighted by Crippen LogP contribution is 2.35. The van der Waals surface area contributed by atoms with E-state index in [0.717, 1.165) is 23.2 Å². The number of carbonyl (C=O) groups is 1. The van der Waals surface area contributed by atoms with Gasteiger partial charge in [0.2, 0.25) is 0 Å². The predicted octanol–water partition coefficient (Wildman–Crippen LogP) is 3.95. The molecule has 23 heavy (non-hydrogen) atoms. The molecule has 2 amide bonds. The Balaban J connectivity index is 1.37. The van der Waals surface area contributed by atoms with Crippen LogP contribution in [-0.4, -0.2) is 28.5 Å². The summed E-state index contributed by atoms with van der Waals surface area (Å²) in [4.78, 5) is 24.2. The molecule has 2 aromatic rings. The molecular weight excluding hydrogens is 310 g/mol. The molecule has 1 saturated heterocycles. The highest BCUT2D eigenvalue weighted by Gasteiger charge is 2.38. The van der Waals surface area contributed by atoms with E-state index in [2.05, 4.69) is 10.5 Å². The maximum absolute atomic E-state index is 12.4. The minimum absolute atomic E-state index is 0.126. The molecule has 6 heteroatoms. The van der Waals surface area contributed by atoms with Crippen LogP contribution >= 0.6 is 11.3 Å². The molecule has 4 rings (SSSR count). The van der Waals surface area contributed by atoms with Crippen LogP contribution in [0, 0.1) is 5.92 Å². The molecular formula is C17H21N3O2S. The minimum Gasteiger partial charge on any atom is -0.376 e. The number of fused-ring (bicyclic) bond motifs is 1. The van der Waals surface area contributed by atoms with E-state index < -0.39 is 0 Å². The van der Waals surface area contributed by atoms with Crippen LogP contribution in [0.1, 0.15) is 38.5 Å². The van der Waals surface area contributed by atoms with Gasteiger partial charge in [-0.2, -0.15) is 5.48 Å². The lowest BCUT2D eigenvalue weighted by Gasteiger charge is -2.46. The summed E-state index contributed by atoms with van der Waals surface area (Å²) in [5.74, 6) is 1.28. The largest absolute Gasteiger partial charge is 0.376 e. The number of benzene rings is 1. The molecule has 0 spiro atoms. The quantitative estimate of drug-likeness (QED) is 0.866. The fourth-order valence-corrected chi connectivity index (χ4v) is 4.46. The number of hydrogen-bond donors (Lipinski definition) is 1. The van der Waals surface area contributed by atoms with Crippen LogP contribution in [0.3, 0.4) is 0 Å². The van der Waals surface area contributed by atoms with Gasteiger partial charge in [0.15, 0.2) is 5.75 Å². The Labute approximate surface area is 139 Å². The van der Waals surface area contributed by atoms with Crippen molar-refractivity contribution in [1.82, 2.24) is 15.4 Å². The molecule has 1 atom stereocenters. The van der Waals surface area contributed by atoms with E-state index in [9.17, 15) is 4.79 Å². The van der Waals surface area contributed by atoms with Crippen molar-refractivity contribution in [3.8, 4) is 5.75 Å². The third kappa shape index (κ3) is 2.87. The monoisotopic (exact) mass is 331 g/mol. The third-order valence-electron chi connectivity index (χ3n) is 5.09. The Morgan fingerprint density at radius 2 is 2.13 bits per heavy atom. The number of carbonyl (C=O) groups excluding carboxylic acids is 1. The van der Waals surface area contributed by atoms with Gasteiger partial charge in [0.25, 0.3) is 0 Å². The molecule has 0 radical (unpaired) electrons. The number of rotatable bonds is 3.